The number of alkyl halides is 3. The van der Waals surface area contributed by atoms with Gasteiger partial charge in [0.1, 0.15) is 30.6 Å². The molecule has 1 saturated heterocycles. The minimum Gasteiger partial charge on any atom is -0.478 e. The van der Waals surface area contributed by atoms with E-state index in [0.29, 0.717) is 30.0 Å². The van der Waals surface area contributed by atoms with Crippen LogP contribution in [0.15, 0.2) is 60.8 Å². The van der Waals surface area contributed by atoms with E-state index in [1.54, 1.807) is 10.6 Å². The lowest BCUT2D eigenvalue weighted by molar-refractivity contribution is -0.142. The van der Waals surface area contributed by atoms with Gasteiger partial charge in [0.2, 0.25) is 5.88 Å². The molecule has 0 bridgehead atoms. The Kier molecular flexibility index (Phi) is 7.76. The van der Waals surface area contributed by atoms with Crippen molar-refractivity contribution < 1.29 is 41.3 Å². The number of carbonyl (C=O) groups is 1. The predicted octanol–water partition coefficient (Wildman–Crippen LogP) is 5.79. The first-order valence-corrected chi connectivity index (χ1v) is 13.5. The van der Waals surface area contributed by atoms with Crippen LogP contribution in [-0.4, -0.2) is 54.3 Å². The summed E-state index contributed by atoms with van der Waals surface area (Å²) in [4.78, 5) is 20.4. The molecule has 6 rings (SSSR count). The first-order valence-electron chi connectivity index (χ1n) is 13.5. The maximum absolute atomic E-state index is 15.4. The molecule has 0 amide bonds. The number of imidazole rings is 1. The third-order valence-corrected chi connectivity index (χ3v) is 7.14. The number of carboxylic acid groups (broad SMARTS) is 1. The minimum absolute atomic E-state index is 0.0395. The van der Waals surface area contributed by atoms with E-state index in [4.69, 9.17) is 9.47 Å². The fourth-order valence-electron chi connectivity index (χ4n) is 4.91. The first kappa shape index (κ1) is 29.2. The summed E-state index contributed by atoms with van der Waals surface area (Å²) in [5, 5.41) is 13.3. The summed E-state index contributed by atoms with van der Waals surface area (Å²) in [6, 6.07) is 12.5. The quantitative estimate of drug-likeness (QED) is 0.199. The number of aromatic carboxylic acids is 1. The maximum Gasteiger partial charge on any atom is 0.408 e. The van der Waals surface area contributed by atoms with Crippen LogP contribution in [0, 0.1) is 11.6 Å². The SMILES string of the molecule is O=C(O)c1ccc2nc(Cc3cc(F)c(-c4cccc(OCc5ccn(CC(F)(F)F)n5)n4)cc3F)n(C[C@@H]3CCO3)c2c1. The molecular weight excluding hydrogens is 589 g/mol. The Labute approximate surface area is 246 Å². The van der Waals surface area contributed by atoms with Gasteiger partial charge in [-0.05, 0) is 54.4 Å². The minimum atomic E-state index is -4.42. The van der Waals surface area contributed by atoms with Crippen molar-refractivity contribution in [2.75, 3.05) is 6.61 Å². The summed E-state index contributed by atoms with van der Waals surface area (Å²) in [6.45, 7) is -0.421. The molecule has 228 valence electrons. The Hall–Kier alpha value is -4.85. The number of halogens is 5. The number of hydrogen-bond donors (Lipinski definition) is 1. The molecular formula is C30H24F5N5O4. The highest BCUT2D eigenvalue weighted by molar-refractivity contribution is 5.92. The first-order chi connectivity index (χ1) is 21.0. The number of aromatic nitrogens is 5. The van der Waals surface area contributed by atoms with Crippen molar-refractivity contribution in [1.29, 1.82) is 0 Å². The second kappa shape index (κ2) is 11.7. The summed E-state index contributed by atoms with van der Waals surface area (Å²) in [6.07, 6.45) is -2.59. The molecule has 3 aromatic heterocycles. The zero-order valence-corrected chi connectivity index (χ0v) is 22.9. The van der Waals surface area contributed by atoms with Crippen molar-refractivity contribution in [2.45, 2.75) is 44.8 Å². The lowest BCUT2D eigenvalue weighted by Gasteiger charge is -2.27. The fourth-order valence-corrected chi connectivity index (χ4v) is 4.91. The van der Waals surface area contributed by atoms with Crippen LogP contribution in [0.2, 0.25) is 0 Å². The Bertz CT molecular complexity index is 1850. The van der Waals surface area contributed by atoms with Crippen molar-refractivity contribution in [3.8, 4) is 17.1 Å². The standard InChI is InChI=1S/C30H24F5N5O4/c31-22-13-21(24-2-1-3-28(37-24)44-15-19-6-8-39(38-19)16-30(33,34)35)23(32)10-18(22)12-27-36-25-5-4-17(29(41)42)11-26(25)40(27)14-20-7-9-43-20/h1-6,8,10-11,13,20H,7,9,12,14-16H2,(H,41,42)/t20-/m0/s1. The smallest absolute Gasteiger partial charge is 0.408 e. The van der Waals surface area contributed by atoms with Gasteiger partial charge in [-0.15, -0.1) is 0 Å². The van der Waals surface area contributed by atoms with Gasteiger partial charge in [0.15, 0.2) is 0 Å². The highest BCUT2D eigenvalue weighted by atomic mass is 19.4. The fraction of sp³-hybridized carbons (Fsp3) is 0.267. The van der Waals surface area contributed by atoms with Gasteiger partial charge < -0.3 is 19.1 Å². The average Bonchev–Trinajstić information content (AvgIpc) is 3.53. The number of carboxylic acids is 1. The normalized spacial score (nSPS) is 15.0. The number of pyridine rings is 1. The predicted molar refractivity (Wildman–Crippen MR) is 146 cm³/mol. The van der Waals surface area contributed by atoms with Crippen LogP contribution in [0.4, 0.5) is 22.0 Å². The number of rotatable bonds is 10. The van der Waals surface area contributed by atoms with E-state index < -0.39 is 30.3 Å². The molecule has 0 aliphatic carbocycles. The van der Waals surface area contributed by atoms with E-state index in [2.05, 4.69) is 15.1 Å². The third kappa shape index (κ3) is 6.39. The Balaban J connectivity index is 1.22. The van der Waals surface area contributed by atoms with Crippen LogP contribution in [-0.2, 0) is 30.9 Å². The van der Waals surface area contributed by atoms with Gasteiger partial charge in [0.25, 0.3) is 0 Å². The number of fused-ring (bicyclic) bond motifs is 1. The molecule has 1 atom stereocenters. The molecule has 0 saturated carbocycles. The molecule has 0 unspecified atom stereocenters. The maximum atomic E-state index is 15.4. The average molecular weight is 614 g/mol. The Morgan fingerprint density at radius 3 is 2.61 bits per heavy atom. The highest BCUT2D eigenvalue weighted by Crippen LogP contribution is 2.29. The monoisotopic (exact) mass is 613 g/mol. The molecule has 1 fully saturated rings. The van der Waals surface area contributed by atoms with Gasteiger partial charge in [-0.25, -0.2) is 23.5 Å². The largest absolute Gasteiger partial charge is 0.478 e. The van der Waals surface area contributed by atoms with E-state index in [1.807, 2.05) is 0 Å². The lowest BCUT2D eigenvalue weighted by atomic mass is 10.0. The van der Waals surface area contributed by atoms with Crippen molar-refractivity contribution in [2.24, 2.45) is 0 Å². The molecule has 4 heterocycles. The van der Waals surface area contributed by atoms with Crippen molar-refractivity contribution >= 4 is 17.0 Å². The number of hydrogen-bond acceptors (Lipinski definition) is 6. The Morgan fingerprint density at radius 1 is 1.07 bits per heavy atom. The molecule has 0 radical (unpaired) electrons. The molecule has 1 aliphatic heterocycles. The van der Waals surface area contributed by atoms with Gasteiger partial charge in [-0.2, -0.15) is 18.3 Å². The zero-order valence-electron chi connectivity index (χ0n) is 22.9. The van der Waals surface area contributed by atoms with Crippen LogP contribution in [0.3, 0.4) is 0 Å². The molecule has 14 heteroatoms. The topological polar surface area (TPSA) is 104 Å². The molecule has 5 aromatic rings. The van der Waals surface area contributed by atoms with Gasteiger partial charge >= 0.3 is 12.1 Å². The lowest BCUT2D eigenvalue weighted by Crippen LogP contribution is -2.31. The van der Waals surface area contributed by atoms with E-state index in [0.717, 1.165) is 23.2 Å². The molecule has 44 heavy (non-hydrogen) atoms. The van der Waals surface area contributed by atoms with Crippen LogP contribution in [0.25, 0.3) is 22.3 Å². The number of nitrogens with zero attached hydrogens (tertiary/aromatic N) is 5. The second-order valence-corrected chi connectivity index (χ2v) is 10.3. The van der Waals surface area contributed by atoms with Crippen LogP contribution in [0.5, 0.6) is 5.88 Å². The molecule has 1 N–H and O–H groups in total. The number of ether oxygens (including phenoxy) is 2. The molecule has 2 aromatic carbocycles. The van der Waals surface area contributed by atoms with Crippen LogP contribution >= 0.6 is 0 Å². The van der Waals surface area contributed by atoms with Crippen LogP contribution in [0.1, 0.15) is 33.9 Å². The van der Waals surface area contributed by atoms with Gasteiger partial charge in [-0.1, -0.05) is 6.07 Å². The van der Waals surface area contributed by atoms with Gasteiger partial charge in [0.05, 0.1) is 40.6 Å². The summed E-state index contributed by atoms with van der Waals surface area (Å²) >= 11 is 0. The van der Waals surface area contributed by atoms with Crippen molar-refractivity contribution in [1.82, 2.24) is 24.3 Å². The van der Waals surface area contributed by atoms with Crippen LogP contribution < -0.4 is 4.74 Å². The molecule has 0 spiro atoms. The van der Waals surface area contributed by atoms with Gasteiger partial charge in [0, 0.05) is 30.9 Å². The van der Waals surface area contributed by atoms with E-state index >= 15 is 8.78 Å². The van der Waals surface area contributed by atoms with Crippen molar-refractivity contribution in [3.05, 3.63) is 95.1 Å². The summed E-state index contributed by atoms with van der Waals surface area (Å²) in [5.74, 6) is -2.06. The second-order valence-electron chi connectivity index (χ2n) is 10.3. The van der Waals surface area contributed by atoms with Crippen molar-refractivity contribution in [3.63, 3.8) is 0 Å². The summed E-state index contributed by atoms with van der Waals surface area (Å²) in [7, 11) is 0. The third-order valence-electron chi connectivity index (χ3n) is 7.14. The summed E-state index contributed by atoms with van der Waals surface area (Å²) in [5.41, 5.74) is 1.40. The van der Waals surface area contributed by atoms with Gasteiger partial charge in [-0.3, -0.25) is 4.68 Å². The number of benzene rings is 2. The Morgan fingerprint density at radius 2 is 1.89 bits per heavy atom. The van der Waals surface area contributed by atoms with E-state index in [1.165, 1.54) is 42.6 Å². The highest BCUT2D eigenvalue weighted by Gasteiger charge is 2.28. The summed E-state index contributed by atoms with van der Waals surface area (Å²) < 4.78 is 82.2. The van der Waals surface area contributed by atoms with E-state index in [-0.39, 0.29) is 53.1 Å². The molecule has 9 nitrogen and oxygen atoms in total. The van der Waals surface area contributed by atoms with E-state index in [9.17, 15) is 23.1 Å². The molecule has 1 aliphatic rings. The zero-order chi connectivity index (χ0) is 31.0.